The van der Waals surface area contributed by atoms with Crippen LogP contribution in [0.25, 0.3) is 0 Å². The summed E-state index contributed by atoms with van der Waals surface area (Å²) in [6.45, 7) is 10.1. The van der Waals surface area contributed by atoms with Crippen LogP contribution < -0.4 is 5.32 Å². The van der Waals surface area contributed by atoms with Gasteiger partial charge >= 0.3 is 0 Å². The first kappa shape index (κ1) is 12.8. The SMILES string of the molecule is CC(C)C1CCCN1C(=O)CN1CCNCC1. The molecular weight excluding hydrogens is 214 g/mol. The lowest BCUT2D eigenvalue weighted by atomic mass is 10.0. The van der Waals surface area contributed by atoms with E-state index in [1.54, 1.807) is 0 Å². The normalized spacial score (nSPS) is 26.8. The van der Waals surface area contributed by atoms with Crippen LogP contribution >= 0.6 is 0 Å². The minimum absolute atomic E-state index is 0.336. The van der Waals surface area contributed by atoms with E-state index in [0.29, 0.717) is 24.4 Å². The van der Waals surface area contributed by atoms with Crippen molar-refractivity contribution in [1.29, 1.82) is 0 Å². The van der Waals surface area contributed by atoms with Crippen LogP contribution in [0.15, 0.2) is 0 Å². The summed E-state index contributed by atoms with van der Waals surface area (Å²) >= 11 is 0. The number of hydrogen-bond donors (Lipinski definition) is 1. The zero-order valence-corrected chi connectivity index (χ0v) is 11.1. The molecule has 0 aliphatic carbocycles. The second kappa shape index (κ2) is 5.83. The molecule has 2 rings (SSSR count). The maximum absolute atomic E-state index is 12.3. The molecule has 2 aliphatic heterocycles. The van der Waals surface area contributed by atoms with Crippen LogP contribution in [0.1, 0.15) is 26.7 Å². The van der Waals surface area contributed by atoms with E-state index in [4.69, 9.17) is 0 Å². The number of carbonyl (C=O) groups is 1. The number of nitrogens with one attached hydrogen (secondary N) is 1. The van der Waals surface area contributed by atoms with Crippen molar-refractivity contribution in [2.45, 2.75) is 32.7 Å². The molecule has 0 spiro atoms. The smallest absolute Gasteiger partial charge is 0.237 e. The van der Waals surface area contributed by atoms with E-state index in [9.17, 15) is 4.79 Å². The molecule has 4 heteroatoms. The molecule has 0 radical (unpaired) electrons. The Labute approximate surface area is 104 Å². The number of likely N-dealkylation sites (tertiary alicyclic amines) is 1. The van der Waals surface area contributed by atoms with E-state index in [2.05, 4.69) is 29.0 Å². The predicted molar refractivity (Wildman–Crippen MR) is 68.9 cm³/mol. The van der Waals surface area contributed by atoms with Gasteiger partial charge in [-0.25, -0.2) is 0 Å². The third kappa shape index (κ3) is 3.19. The second-order valence-electron chi connectivity index (χ2n) is 5.57. The molecule has 0 saturated carbocycles. The van der Waals surface area contributed by atoms with Crippen LogP contribution in [-0.4, -0.2) is 61.0 Å². The van der Waals surface area contributed by atoms with Gasteiger partial charge in [-0.2, -0.15) is 0 Å². The summed E-state index contributed by atoms with van der Waals surface area (Å²) in [6, 6.07) is 0.477. The molecule has 0 aromatic heterocycles. The fraction of sp³-hybridized carbons (Fsp3) is 0.923. The van der Waals surface area contributed by atoms with Crippen molar-refractivity contribution in [3.8, 4) is 0 Å². The largest absolute Gasteiger partial charge is 0.338 e. The van der Waals surface area contributed by atoms with Crippen molar-refractivity contribution in [3.05, 3.63) is 0 Å². The Morgan fingerprint density at radius 3 is 2.65 bits per heavy atom. The first-order valence-corrected chi connectivity index (χ1v) is 6.91. The van der Waals surface area contributed by atoms with Crippen LogP contribution in [0.4, 0.5) is 0 Å². The highest BCUT2D eigenvalue weighted by Crippen LogP contribution is 2.23. The first-order valence-electron chi connectivity index (χ1n) is 6.91. The minimum atomic E-state index is 0.336. The molecule has 98 valence electrons. The van der Waals surface area contributed by atoms with Crippen LogP contribution in [0.2, 0.25) is 0 Å². The van der Waals surface area contributed by atoms with Gasteiger partial charge in [0.2, 0.25) is 5.91 Å². The Morgan fingerprint density at radius 2 is 2.00 bits per heavy atom. The van der Waals surface area contributed by atoms with Crippen LogP contribution in [0, 0.1) is 5.92 Å². The van der Waals surface area contributed by atoms with Gasteiger partial charge in [-0.15, -0.1) is 0 Å². The van der Waals surface area contributed by atoms with Crippen molar-refractivity contribution < 1.29 is 4.79 Å². The molecule has 1 amide bonds. The zero-order chi connectivity index (χ0) is 12.3. The zero-order valence-electron chi connectivity index (χ0n) is 11.1. The molecular formula is C13H25N3O. The molecule has 2 fully saturated rings. The van der Waals surface area contributed by atoms with Gasteiger partial charge in [0, 0.05) is 38.8 Å². The Kier molecular flexibility index (Phi) is 4.40. The standard InChI is InChI=1S/C13H25N3O/c1-11(2)12-4-3-7-16(12)13(17)10-15-8-5-14-6-9-15/h11-12,14H,3-10H2,1-2H3. The molecule has 0 aromatic rings. The lowest BCUT2D eigenvalue weighted by Crippen LogP contribution is -2.49. The Morgan fingerprint density at radius 1 is 1.29 bits per heavy atom. The number of rotatable bonds is 3. The monoisotopic (exact) mass is 239 g/mol. The van der Waals surface area contributed by atoms with Crippen molar-refractivity contribution in [2.24, 2.45) is 5.92 Å². The van der Waals surface area contributed by atoms with E-state index in [-0.39, 0.29) is 0 Å². The Bertz CT molecular complexity index is 261. The average molecular weight is 239 g/mol. The number of hydrogen-bond acceptors (Lipinski definition) is 3. The van der Waals surface area contributed by atoms with Gasteiger partial charge in [0.1, 0.15) is 0 Å². The van der Waals surface area contributed by atoms with Gasteiger partial charge in [0.15, 0.2) is 0 Å². The lowest BCUT2D eigenvalue weighted by molar-refractivity contribution is -0.134. The van der Waals surface area contributed by atoms with Crippen LogP contribution in [0.3, 0.4) is 0 Å². The molecule has 2 heterocycles. The molecule has 0 aromatic carbocycles. The van der Waals surface area contributed by atoms with Crippen molar-refractivity contribution >= 4 is 5.91 Å². The van der Waals surface area contributed by atoms with Gasteiger partial charge < -0.3 is 10.2 Å². The highest BCUT2D eigenvalue weighted by molar-refractivity contribution is 5.79. The molecule has 2 aliphatic rings. The average Bonchev–Trinajstić information content (AvgIpc) is 2.79. The van der Waals surface area contributed by atoms with E-state index in [0.717, 1.165) is 32.7 Å². The summed E-state index contributed by atoms with van der Waals surface area (Å²) in [5, 5.41) is 3.32. The minimum Gasteiger partial charge on any atom is -0.338 e. The molecule has 17 heavy (non-hydrogen) atoms. The highest BCUT2D eigenvalue weighted by Gasteiger charge is 2.31. The van der Waals surface area contributed by atoms with E-state index < -0.39 is 0 Å². The third-order valence-corrected chi connectivity index (χ3v) is 3.96. The molecule has 1 atom stereocenters. The van der Waals surface area contributed by atoms with Gasteiger partial charge in [-0.3, -0.25) is 9.69 Å². The van der Waals surface area contributed by atoms with Crippen LogP contribution in [-0.2, 0) is 4.79 Å². The summed E-state index contributed by atoms with van der Waals surface area (Å²) in [5.74, 6) is 0.924. The third-order valence-electron chi connectivity index (χ3n) is 3.96. The Hall–Kier alpha value is -0.610. The first-order chi connectivity index (χ1) is 8.18. The number of piperazine rings is 1. The number of nitrogens with zero attached hydrogens (tertiary/aromatic N) is 2. The van der Waals surface area contributed by atoms with Gasteiger partial charge in [-0.05, 0) is 18.8 Å². The summed E-state index contributed by atoms with van der Waals surface area (Å²) in [7, 11) is 0. The molecule has 4 nitrogen and oxygen atoms in total. The van der Waals surface area contributed by atoms with E-state index >= 15 is 0 Å². The molecule has 2 saturated heterocycles. The molecule has 1 unspecified atom stereocenters. The summed E-state index contributed by atoms with van der Waals surface area (Å²) in [5.41, 5.74) is 0. The maximum atomic E-state index is 12.3. The highest BCUT2D eigenvalue weighted by atomic mass is 16.2. The molecule has 0 bridgehead atoms. The number of carbonyl (C=O) groups excluding carboxylic acids is 1. The predicted octanol–water partition coefficient (Wildman–Crippen LogP) is 0.539. The fourth-order valence-corrected chi connectivity index (χ4v) is 2.95. The summed E-state index contributed by atoms with van der Waals surface area (Å²) in [4.78, 5) is 16.7. The van der Waals surface area contributed by atoms with Gasteiger partial charge in [0.05, 0.1) is 6.54 Å². The fourth-order valence-electron chi connectivity index (χ4n) is 2.95. The lowest BCUT2D eigenvalue weighted by Gasteiger charge is -2.32. The quantitative estimate of drug-likeness (QED) is 0.781. The topological polar surface area (TPSA) is 35.6 Å². The van der Waals surface area contributed by atoms with Crippen molar-refractivity contribution in [2.75, 3.05) is 39.3 Å². The van der Waals surface area contributed by atoms with E-state index in [1.807, 2.05) is 0 Å². The number of amides is 1. The second-order valence-corrected chi connectivity index (χ2v) is 5.57. The van der Waals surface area contributed by atoms with Gasteiger partial charge in [-0.1, -0.05) is 13.8 Å². The maximum Gasteiger partial charge on any atom is 0.237 e. The molecule has 1 N–H and O–H groups in total. The summed E-state index contributed by atoms with van der Waals surface area (Å²) in [6.07, 6.45) is 2.36. The van der Waals surface area contributed by atoms with Crippen molar-refractivity contribution in [3.63, 3.8) is 0 Å². The van der Waals surface area contributed by atoms with Crippen LogP contribution in [0.5, 0.6) is 0 Å². The van der Waals surface area contributed by atoms with Crippen molar-refractivity contribution in [1.82, 2.24) is 15.1 Å². The van der Waals surface area contributed by atoms with Gasteiger partial charge in [0.25, 0.3) is 0 Å². The van der Waals surface area contributed by atoms with E-state index in [1.165, 1.54) is 12.8 Å². The summed E-state index contributed by atoms with van der Waals surface area (Å²) < 4.78 is 0. The Balaban J connectivity index is 1.86.